The van der Waals surface area contributed by atoms with Gasteiger partial charge in [0.1, 0.15) is 5.75 Å². The molecule has 1 aliphatic heterocycles. The molecule has 1 aromatic rings. The topological polar surface area (TPSA) is 79.5 Å². The monoisotopic (exact) mass is 331 g/mol. The molecule has 130 valence electrons. The van der Waals surface area contributed by atoms with Gasteiger partial charge in [-0.1, -0.05) is 12.1 Å². The number of hydrogen-bond acceptors (Lipinski definition) is 4. The van der Waals surface area contributed by atoms with E-state index in [9.17, 15) is 9.59 Å². The lowest BCUT2D eigenvalue weighted by molar-refractivity contribution is -0.124. The summed E-state index contributed by atoms with van der Waals surface area (Å²) >= 11 is 0. The van der Waals surface area contributed by atoms with Crippen LogP contribution in [0.1, 0.15) is 24.8 Å². The molecular formula is C18H25N3O3. The lowest BCUT2D eigenvalue weighted by Crippen LogP contribution is -2.33. The first-order chi connectivity index (χ1) is 11.7. The van der Waals surface area contributed by atoms with Crippen LogP contribution < -0.4 is 20.7 Å². The van der Waals surface area contributed by atoms with Crippen molar-refractivity contribution >= 4 is 11.8 Å². The highest BCUT2D eigenvalue weighted by molar-refractivity contribution is 5.79. The second kappa shape index (κ2) is 8.15. The van der Waals surface area contributed by atoms with E-state index in [2.05, 4.69) is 16.0 Å². The van der Waals surface area contributed by atoms with Gasteiger partial charge in [-0.15, -0.1) is 0 Å². The Kier molecular flexibility index (Phi) is 5.69. The van der Waals surface area contributed by atoms with Gasteiger partial charge in [0.25, 0.3) is 5.91 Å². The second-order valence-corrected chi connectivity index (χ2v) is 6.51. The van der Waals surface area contributed by atoms with E-state index in [0.29, 0.717) is 18.3 Å². The normalized spacial score (nSPS) is 19.8. The Labute approximate surface area is 142 Å². The number of hydrogen-bond donors (Lipinski definition) is 3. The molecule has 1 saturated carbocycles. The van der Waals surface area contributed by atoms with Gasteiger partial charge in [0, 0.05) is 19.1 Å². The quantitative estimate of drug-likeness (QED) is 0.652. The summed E-state index contributed by atoms with van der Waals surface area (Å²) in [4.78, 5) is 23.5. The first-order valence-electron chi connectivity index (χ1n) is 8.70. The number of carbonyl (C=O) groups is 2. The van der Waals surface area contributed by atoms with Crippen molar-refractivity contribution in [2.24, 2.45) is 5.92 Å². The van der Waals surface area contributed by atoms with Gasteiger partial charge in [0.05, 0.1) is 5.92 Å². The molecule has 6 heteroatoms. The van der Waals surface area contributed by atoms with Crippen LogP contribution >= 0.6 is 0 Å². The third-order valence-electron chi connectivity index (χ3n) is 4.38. The Morgan fingerprint density at radius 2 is 1.96 bits per heavy atom. The van der Waals surface area contributed by atoms with Crippen molar-refractivity contribution in [3.05, 3.63) is 29.8 Å². The SMILES string of the molecule is O=C(COc1ccc(CCNC(=O)C2CCNC2)cc1)NC1CC1. The summed E-state index contributed by atoms with van der Waals surface area (Å²) < 4.78 is 5.47. The standard InChI is InChI=1S/C18H25N3O3/c22-17(21-15-3-4-15)12-24-16-5-1-13(2-6-16)7-10-20-18(23)14-8-9-19-11-14/h1-2,5-6,14-15,19H,3-4,7-12H2,(H,20,23)(H,21,22). The molecule has 1 saturated heterocycles. The van der Waals surface area contributed by atoms with Crippen molar-refractivity contribution in [3.8, 4) is 5.75 Å². The minimum atomic E-state index is -0.0642. The van der Waals surface area contributed by atoms with Gasteiger partial charge in [-0.25, -0.2) is 0 Å². The maximum atomic E-state index is 11.9. The minimum Gasteiger partial charge on any atom is -0.484 e. The van der Waals surface area contributed by atoms with Gasteiger partial charge in [0.2, 0.25) is 5.91 Å². The van der Waals surface area contributed by atoms with E-state index in [1.165, 1.54) is 0 Å². The largest absolute Gasteiger partial charge is 0.484 e. The molecule has 1 atom stereocenters. The van der Waals surface area contributed by atoms with Gasteiger partial charge in [-0.2, -0.15) is 0 Å². The summed E-state index contributed by atoms with van der Waals surface area (Å²) in [7, 11) is 0. The van der Waals surface area contributed by atoms with Crippen LogP contribution in [0.5, 0.6) is 5.75 Å². The summed E-state index contributed by atoms with van der Waals surface area (Å²) in [5.41, 5.74) is 1.13. The summed E-state index contributed by atoms with van der Waals surface area (Å²) in [6.07, 6.45) is 3.86. The van der Waals surface area contributed by atoms with Gasteiger partial charge in [-0.05, 0) is 49.9 Å². The van der Waals surface area contributed by atoms with Gasteiger partial charge in [0.15, 0.2) is 6.61 Å². The molecule has 1 aliphatic carbocycles. The second-order valence-electron chi connectivity index (χ2n) is 6.51. The predicted octanol–water partition coefficient (Wildman–Crippen LogP) is 0.612. The number of amides is 2. The van der Waals surface area contributed by atoms with Crippen LogP contribution in [0.4, 0.5) is 0 Å². The van der Waals surface area contributed by atoms with Crippen molar-refractivity contribution in [1.82, 2.24) is 16.0 Å². The van der Waals surface area contributed by atoms with E-state index >= 15 is 0 Å². The summed E-state index contributed by atoms with van der Waals surface area (Å²) in [5, 5.41) is 9.08. The fourth-order valence-corrected chi connectivity index (χ4v) is 2.75. The Morgan fingerprint density at radius 3 is 2.62 bits per heavy atom. The number of benzene rings is 1. The van der Waals surface area contributed by atoms with Crippen molar-refractivity contribution < 1.29 is 14.3 Å². The highest BCUT2D eigenvalue weighted by Crippen LogP contribution is 2.18. The summed E-state index contributed by atoms with van der Waals surface area (Å²) in [5.74, 6) is 0.876. The zero-order chi connectivity index (χ0) is 16.8. The smallest absolute Gasteiger partial charge is 0.258 e. The van der Waals surface area contributed by atoms with Crippen molar-refractivity contribution in [2.45, 2.75) is 31.7 Å². The molecule has 2 aliphatic rings. The molecule has 1 unspecified atom stereocenters. The Hall–Kier alpha value is -2.08. The Morgan fingerprint density at radius 1 is 1.17 bits per heavy atom. The lowest BCUT2D eigenvalue weighted by Gasteiger charge is -2.10. The average molecular weight is 331 g/mol. The average Bonchev–Trinajstić information content (AvgIpc) is 3.23. The van der Waals surface area contributed by atoms with Gasteiger partial charge >= 0.3 is 0 Å². The summed E-state index contributed by atoms with van der Waals surface area (Å²) in [6.45, 7) is 2.41. The molecule has 6 nitrogen and oxygen atoms in total. The predicted molar refractivity (Wildman–Crippen MR) is 90.8 cm³/mol. The van der Waals surface area contributed by atoms with E-state index in [0.717, 1.165) is 44.3 Å². The molecule has 0 bridgehead atoms. The van der Waals surface area contributed by atoms with E-state index in [4.69, 9.17) is 4.74 Å². The maximum Gasteiger partial charge on any atom is 0.258 e. The van der Waals surface area contributed by atoms with Crippen LogP contribution in [0.3, 0.4) is 0 Å². The third-order valence-corrected chi connectivity index (χ3v) is 4.38. The zero-order valence-electron chi connectivity index (χ0n) is 13.8. The first-order valence-corrected chi connectivity index (χ1v) is 8.70. The maximum absolute atomic E-state index is 11.9. The number of carbonyl (C=O) groups excluding carboxylic acids is 2. The van der Waals surface area contributed by atoms with E-state index in [-0.39, 0.29) is 24.3 Å². The molecule has 3 N–H and O–H groups in total. The molecule has 3 rings (SSSR count). The molecule has 2 fully saturated rings. The Balaban J connectivity index is 1.34. The highest BCUT2D eigenvalue weighted by Gasteiger charge is 2.23. The first kappa shape index (κ1) is 16.8. The van der Waals surface area contributed by atoms with Crippen molar-refractivity contribution in [3.63, 3.8) is 0 Å². The molecule has 0 spiro atoms. The lowest BCUT2D eigenvalue weighted by atomic mass is 10.1. The summed E-state index contributed by atoms with van der Waals surface area (Å²) in [6, 6.07) is 8.03. The molecule has 0 aromatic heterocycles. The number of rotatable bonds is 8. The fraction of sp³-hybridized carbons (Fsp3) is 0.556. The van der Waals surface area contributed by atoms with Crippen LogP contribution in [0.2, 0.25) is 0 Å². The van der Waals surface area contributed by atoms with Crippen LogP contribution in [0.25, 0.3) is 0 Å². The zero-order valence-corrected chi connectivity index (χ0v) is 13.8. The molecular weight excluding hydrogens is 306 g/mol. The highest BCUT2D eigenvalue weighted by atomic mass is 16.5. The van der Waals surface area contributed by atoms with E-state index in [1.807, 2.05) is 24.3 Å². The van der Waals surface area contributed by atoms with Crippen molar-refractivity contribution in [1.29, 1.82) is 0 Å². The van der Waals surface area contributed by atoms with Crippen LogP contribution in [0, 0.1) is 5.92 Å². The van der Waals surface area contributed by atoms with Crippen molar-refractivity contribution in [2.75, 3.05) is 26.2 Å². The van der Waals surface area contributed by atoms with Crippen LogP contribution in [-0.4, -0.2) is 44.1 Å². The number of ether oxygens (including phenoxy) is 1. The van der Waals surface area contributed by atoms with Crippen LogP contribution in [-0.2, 0) is 16.0 Å². The van der Waals surface area contributed by atoms with E-state index < -0.39 is 0 Å². The molecule has 0 radical (unpaired) electrons. The van der Waals surface area contributed by atoms with Gasteiger partial charge < -0.3 is 20.7 Å². The molecule has 24 heavy (non-hydrogen) atoms. The molecule has 1 heterocycles. The number of nitrogens with one attached hydrogen (secondary N) is 3. The van der Waals surface area contributed by atoms with Crippen LogP contribution in [0.15, 0.2) is 24.3 Å². The molecule has 1 aromatic carbocycles. The minimum absolute atomic E-state index is 0.0569. The fourth-order valence-electron chi connectivity index (χ4n) is 2.75. The Bertz CT molecular complexity index is 563. The van der Waals surface area contributed by atoms with E-state index in [1.54, 1.807) is 0 Å². The molecule has 2 amide bonds. The third kappa shape index (κ3) is 5.23. The van der Waals surface area contributed by atoms with Gasteiger partial charge in [-0.3, -0.25) is 9.59 Å².